The van der Waals surface area contributed by atoms with Gasteiger partial charge in [-0.2, -0.15) is 10.1 Å². The second-order valence-electron chi connectivity index (χ2n) is 9.25. The van der Waals surface area contributed by atoms with Gasteiger partial charge in [-0.25, -0.2) is 9.40 Å². The Bertz CT molecular complexity index is 1450. The van der Waals surface area contributed by atoms with Crippen LogP contribution < -0.4 is 10.1 Å². The van der Waals surface area contributed by atoms with E-state index in [1.165, 1.54) is 17.8 Å². The summed E-state index contributed by atoms with van der Waals surface area (Å²) in [6, 6.07) is 19.2. The molecule has 38 heavy (non-hydrogen) atoms. The molecule has 3 aromatic carbocycles. The zero-order chi connectivity index (χ0) is 26.8. The Morgan fingerprint density at radius 2 is 1.87 bits per heavy atom. The molecule has 3 aromatic rings. The molecule has 0 saturated heterocycles. The molecule has 0 bridgehead atoms. The predicted molar refractivity (Wildman–Crippen MR) is 148 cm³/mol. The summed E-state index contributed by atoms with van der Waals surface area (Å²) in [7, 11) is 1.60. The SMILES string of the molecule is COc1ccc(C2=NN(C3=NC(=O)[C@H](CC(=O)Nc4ccc(C)c(C)c4)S3)[C@@H](c3ccccc3F)C2)cc1. The monoisotopic (exact) mass is 530 g/mol. The minimum Gasteiger partial charge on any atom is -0.497 e. The van der Waals surface area contributed by atoms with Crippen molar-refractivity contribution < 1.29 is 18.7 Å². The van der Waals surface area contributed by atoms with Crippen LogP contribution in [0.15, 0.2) is 76.8 Å². The molecule has 2 aliphatic heterocycles. The number of aliphatic imine (C=N–C) groups is 1. The Kier molecular flexibility index (Phi) is 7.28. The molecule has 2 atom stereocenters. The normalized spacial score (nSPS) is 18.8. The summed E-state index contributed by atoms with van der Waals surface area (Å²) in [5.41, 5.74) is 4.96. The Morgan fingerprint density at radius 3 is 2.58 bits per heavy atom. The molecule has 2 heterocycles. The number of nitrogens with zero attached hydrogens (tertiary/aromatic N) is 3. The number of rotatable bonds is 6. The highest BCUT2D eigenvalue weighted by Crippen LogP contribution is 2.39. The van der Waals surface area contributed by atoms with Crippen LogP contribution in [0.2, 0.25) is 0 Å². The van der Waals surface area contributed by atoms with E-state index in [0.29, 0.717) is 22.8 Å². The molecule has 2 amide bonds. The summed E-state index contributed by atoms with van der Waals surface area (Å²) in [5.74, 6) is -0.309. The number of ether oxygens (including phenoxy) is 1. The molecule has 5 rings (SSSR count). The maximum atomic E-state index is 14.9. The first-order valence-corrected chi connectivity index (χ1v) is 13.1. The minimum absolute atomic E-state index is 0.0311. The summed E-state index contributed by atoms with van der Waals surface area (Å²) < 4.78 is 20.1. The van der Waals surface area contributed by atoms with Crippen LogP contribution in [0.1, 0.15) is 41.1 Å². The molecule has 7 nitrogen and oxygen atoms in total. The molecule has 9 heteroatoms. The summed E-state index contributed by atoms with van der Waals surface area (Å²) in [6.07, 6.45) is 0.398. The van der Waals surface area contributed by atoms with E-state index in [2.05, 4.69) is 10.3 Å². The zero-order valence-electron chi connectivity index (χ0n) is 21.3. The molecule has 194 valence electrons. The largest absolute Gasteiger partial charge is 0.497 e. The van der Waals surface area contributed by atoms with Crippen molar-refractivity contribution in [1.29, 1.82) is 0 Å². The predicted octanol–water partition coefficient (Wildman–Crippen LogP) is 5.63. The van der Waals surface area contributed by atoms with E-state index in [-0.39, 0.29) is 18.1 Å². The summed E-state index contributed by atoms with van der Waals surface area (Å²) in [5, 5.41) is 8.92. The highest BCUT2D eigenvalue weighted by Gasteiger charge is 2.39. The number of carbonyl (C=O) groups is 2. The highest BCUT2D eigenvalue weighted by molar-refractivity contribution is 8.15. The van der Waals surface area contributed by atoms with Crippen LogP contribution in [0, 0.1) is 19.7 Å². The first-order chi connectivity index (χ1) is 18.3. The van der Waals surface area contributed by atoms with Gasteiger partial charge in [0.15, 0.2) is 5.17 Å². The Hall–Kier alpha value is -3.98. The van der Waals surface area contributed by atoms with Crippen LogP contribution in [-0.4, -0.2) is 40.1 Å². The van der Waals surface area contributed by atoms with E-state index in [4.69, 9.17) is 9.84 Å². The third-order valence-electron chi connectivity index (χ3n) is 6.68. The quantitative estimate of drug-likeness (QED) is 0.447. The lowest BCUT2D eigenvalue weighted by Gasteiger charge is -2.23. The van der Waals surface area contributed by atoms with Crippen molar-refractivity contribution in [1.82, 2.24) is 5.01 Å². The van der Waals surface area contributed by atoms with Crippen LogP contribution >= 0.6 is 11.8 Å². The van der Waals surface area contributed by atoms with Gasteiger partial charge in [-0.05, 0) is 73.0 Å². The van der Waals surface area contributed by atoms with E-state index in [1.54, 1.807) is 30.3 Å². The first kappa shape index (κ1) is 25.7. The van der Waals surface area contributed by atoms with Crippen LogP contribution in [-0.2, 0) is 9.59 Å². The van der Waals surface area contributed by atoms with Gasteiger partial charge in [0.2, 0.25) is 5.91 Å². The molecule has 0 unspecified atom stereocenters. The van der Waals surface area contributed by atoms with Gasteiger partial charge in [-0.15, -0.1) is 0 Å². The number of halogens is 1. The van der Waals surface area contributed by atoms with Gasteiger partial charge in [0.1, 0.15) is 16.8 Å². The second-order valence-corrected chi connectivity index (χ2v) is 10.4. The van der Waals surface area contributed by atoms with Crippen LogP contribution in [0.4, 0.5) is 10.1 Å². The smallest absolute Gasteiger partial charge is 0.262 e. The van der Waals surface area contributed by atoms with Gasteiger partial charge in [0, 0.05) is 24.1 Å². The van der Waals surface area contributed by atoms with Crippen molar-refractivity contribution in [2.45, 2.75) is 38.0 Å². The zero-order valence-corrected chi connectivity index (χ0v) is 22.1. The number of thioether (sulfide) groups is 1. The number of methoxy groups -OCH3 is 1. The minimum atomic E-state index is -0.682. The number of anilines is 1. The molecular formula is C29H27FN4O3S. The van der Waals surface area contributed by atoms with Crippen molar-refractivity contribution >= 4 is 40.1 Å². The van der Waals surface area contributed by atoms with Gasteiger partial charge in [0.05, 0.1) is 18.9 Å². The number of carbonyl (C=O) groups excluding carboxylic acids is 2. The third-order valence-corrected chi connectivity index (χ3v) is 7.83. The highest BCUT2D eigenvalue weighted by atomic mass is 32.2. The number of hydrogen-bond acceptors (Lipinski definition) is 6. The van der Waals surface area contributed by atoms with Crippen molar-refractivity contribution in [2.24, 2.45) is 10.1 Å². The van der Waals surface area contributed by atoms with Crippen LogP contribution in [0.25, 0.3) is 0 Å². The van der Waals surface area contributed by atoms with Gasteiger partial charge in [-0.1, -0.05) is 36.0 Å². The molecule has 2 aliphatic rings. The number of nitrogens with one attached hydrogen (secondary N) is 1. The van der Waals surface area contributed by atoms with Crippen LogP contribution in [0.3, 0.4) is 0 Å². The van der Waals surface area contributed by atoms with Crippen molar-refractivity contribution in [3.63, 3.8) is 0 Å². The lowest BCUT2D eigenvalue weighted by molar-refractivity contribution is -0.121. The van der Waals surface area contributed by atoms with Crippen molar-refractivity contribution in [3.05, 3.63) is 94.8 Å². The van der Waals surface area contributed by atoms with E-state index in [0.717, 1.165) is 28.2 Å². The molecule has 0 radical (unpaired) electrons. The van der Waals surface area contributed by atoms with Gasteiger partial charge in [0.25, 0.3) is 5.91 Å². The maximum absolute atomic E-state index is 14.9. The number of amidine groups is 1. The van der Waals surface area contributed by atoms with Crippen molar-refractivity contribution in [2.75, 3.05) is 12.4 Å². The van der Waals surface area contributed by atoms with Crippen LogP contribution in [0.5, 0.6) is 5.75 Å². The average molecular weight is 531 g/mol. The fraction of sp³-hybridized carbons (Fsp3) is 0.241. The molecule has 0 fully saturated rings. The molecule has 1 N–H and O–H groups in total. The molecule has 0 saturated carbocycles. The standard InChI is InChI=1S/C29H27FN4O3S/c1-17-8-11-20(14-18(17)2)31-27(35)16-26-28(36)32-29(38-26)34-25(22-6-4-5-7-23(22)30)15-24(33-34)19-9-12-21(37-3)13-10-19/h4-14,25-26H,15-16H2,1-3H3,(H,31,35)/t25-,26+/m1/s1. The lowest BCUT2D eigenvalue weighted by atomic mass is 9.98. The lowest BCUT2D eigenvalue weighted by Crippen LogP contribution is -2.25. The number of amides is 2. The van der Waals surface area contributed by atoms with E-state index in [1.807, 2.05) is 56.3 Å². The van der Waals surface area contributed by atoms with Gasteiger partial charge in [-0.3, -0.25) is 9.59 Å². The average Bonchev–Trinajstić information content (AvgIpc) is 3.50. The topological polar surface area (TPSA) is 83.4 Å². The van der Waals surface area contributed by atoms with E-state index >= 15 is 0 Å². The molecule has 0 aromatic heterocycles. The van der Waals surface area contributed by atoms with E-state index in [9.17, 15) is 14.0 Å². The number of aryl methyl sites for hydroxylation is 2. The Morgan fingerprint density at radius 1 is 1.11 bits per heavy atom. The Balaban J connectivity index is 1.35. The number of hydrogen-bond donors (Lipinski definition) is 1. The first-order valence-electron chi connectivity index (χ1n) is 12.2. The molecular weight excluding hydrogens is 503 g/mol. The van der Waals surface area contributed by atoms with Gasteiger partial charge >= 0.3 is 0 Å². The van der Waals surface area contributed by atoms with Crippen molar-refractivity contribution in [3.8, 4) is 5.75 Å². The fourth-order valence-electron chi connectivity index (χ4n) is 4.44. The van der Waals surface area contributed by atoms with E-state index < -0.39 is 17.2 Å². The summed E-state index contributed by atoms with van der Waals surface area (Å²) in [4.78, 5) is 29.8. The maximum Gasteiger partial charge on any atom is 0.262 e. The Labute approximate surface area is 224 Å². The second kappa shape index (κ2) is 10.8. The third kappa shape index (κ3) is 5.33. The summed E-state index contributed by atoms with van der Waals surface area (Å²) in [6.45, 7) is 3.98. The number of benzene rings is 3. The number of hydrazone groups is 1. The molecule has 0 spiro atoms. The fourth-order valence-corrected chi connectivity index (χ4v) is 5.50. The molecule has 0 aliphatic carbocycles. The summed E-state index contributed by atoms with van der Waals surface area (Å²) >= 11 is 1.18. The van der Waals surface area contributed by atoms with Gasteiger partial charge < -0.3 is 10.1 Å².